The summed E-state index contributed by atoms with van der Waals surface area (Å²) in [5.74, 6) is -0.337. The Balaban J connectivity index is 2.41. The van der Waals surface area contributed by atoms with Gasteiger partial charge in [0.05, 0.1) is 18.5 Å². The average molecular weight is 303 g/mol. The Kier molecular flexibility index (Phi) is 4.57. The van der Waals surface area contributed by atoms with Gasteiger partial charge in [0.15, 0.2) is 5.69 Å². The molecule has 0 atom stereocenters. The van der Waals surface area contributed by atoms with E-state index in [4.69, 9.17) is 4.74 Å². The average Bonchev–Trinajstić information content (AvgIpc) is 2.84. The third-order valence-corrected chi connectivity index (χ3v) is 4.85. The quantitative estimate of drug-likeness (QED) is 0.626. The summed E-state index contributed by atoms with van der Waals surface area (Å²) in [6.45, 7) is 9.11. The maximum absolute atomic E-state index is 12.3. The van der Waals surface area contributed by atoms with Gasteiger partial charge in [-0.15, -0.1) is 5.10 Å². The fourth-order valence-corrected chi connectivity index (χ4v) is 3.37. The molecule has 0 radical (unpaired) electrons. The molecule has 0 saturated heterocycles. The van der Waals surface area contributed by atoms with Crippen molar-refractivity contribution in [2.45, 2.75) is 33.1 Å². The Bertz CT molecular complexity index is 618. The zero-order chi connectivity index (χ0) is 15.5. The summed E-state index contributed by atoms with van der Waals surface area (Å²) in [5, 5.41) is 9.25. The Morgan fingerprint density at radius 2 is 1.90 bits per heavy atom. The van der Waals surface area contributed by atoms with Gasteiger partial charge in [-0.3, -0.25) is 0 Å². The fraction of sp³-hybridized carbons (Fsp3) is 0.400. The molecule has 1 aromatic heterocycles. The molecule has 0 aliphatic carbocycles. The van der Waals surface area contributed by atoms with Crippen LogP contribution in [-0.2, 0) is 11.3 Å². The molecular formula is C15H21N3O2Si. The minimum absolute atomic E-state index is 0.337. The molecule has 0 fully saturated rings. The summed E-state index contributed by atoms with van der Waals surface area (Å²) in [4.78, 5) is 12.3. The molecule has 21 heavy (non-hydrogen) atoms. The lowest BCUT2D eigenvalue weighted by atomic mass is 10.2. The van der Waals surface area contributed by atoms with Gasteiger partial charge in [0.25, 0.3) is 0 Å². The number of hydrogen-bond acceptors (Lipinski definition) is 4. The Hall–Kier alpha value is -1.95. The van der Waals surface area contributed by atoms with Crippen molar-refractivity contribution < 1.29 is 9.53 Å². The summed E-state index contributed by atoms with van der Waals surface area (Å²) >= 11 is 0. The predicted octanol–water partition coefficient (Wildman–Crippen LogP) is 2.05. The smallest absolute Gasteiger partial charge is 0.358 e. The van der Waals surface area contributed by atoms with Gasteiger partial charge in [0.2, 0.25) is 0 Å². The van der Waals surface area contributed by atoms with Gasteiger partial charge in [-0.25, -0.2) is 9.48 Å². The molecule has 1 heterocycles. The Morgan fingerprint density at radius 1 is 1.24 bits per heavy atom. The molecule has 5 nitrogen and oxygen atoms in total. The van der Waals surface area contributed by atoms with Crippen LogP contribution in [0.1, 0.15) is 23.0 Å². The van der Waals surface area contributed by atoms with Crippen LogP contribution in [0.3, 0.4) is 0 Å². The number of esters is 1. The van der Waals surface area contributed by atoms with Crippen LogP contribution in [-0.4, -0.2) is 35.6 Å². The number of nitrogens with zero attached hydrogens (tertiary/aromatic N) is 3. The lowest BCUT2D eigenvalue weighted by molar-refractivity contribution is 0.0514. The standard InChI is InChI=1S/C15H21N3O2Si/c1-5-20-15(19)13-14(21(2,3)4)16-17-18(13)11-12-9-7-6-8-10-12/h6-10H,5,11H2,1-4H3. The van der Waals surface area contributed by atoms with Gasteiger partial charge in [-0.1, -0.05) is 55.2 Å². The highest BCUT2D eigenvalue weighted by molar-refractivity contribution is 6.88. The van der Waals surface area contributed by atoms with Crippen LogP contribution in [0.5, 0.6) is 0 Å². The zero-order valence-corrected chi connectivity index (χ0v) is 14.0. The van der Waals surface area contributed by atoms with Crippen LogP contribution in [0.4, 0.5) is 0 Å². The van der Waals surface area contributed by atoms with Gasteiger partial charge < -0.3 is 4.74 Å². The van der Waals surface area contributed by atoms with E-state index < -0.39 is 8.07 Å². The summed E-state index contributed by atoms with van der Waals surface area (Å²) in [7, 11) is -1.76. The van der Waals surface area contributed by atoms with Crippen molar-refractivity contribution in [1.29, 1.82) is 0 Å². The minimum atomic E-state index is -1.76. The molecule has 0 spiro atoms. The van der Waals surface area contributed by atoms with Gasteiger partial charge in [0.1, 0.15) is 8.07 Å². The normalized spacial score (nSPS) is 11.4. The van der Waals surface area contributed by atoms with E-state index in [-0.39, 0.29) is 5.97 Å². The van der Waals surface area contributed by atoms with Crippen molar-refractivity contribution in [2.75, 3.05) is 6.61 Å². The first-order valence-electron chi connectivity index (χ1n) is 7.08. The van der Waals surface area contributed by atoms with E-state index in [0.29, 0.717) is 18.8 Å². The van der Waals surface area contributed by atoms with Crippen LogP contribution in [0, 0.1) is 0 Å². The second-order valence-corrected chi connectivity index (χ2v) is 10.9. The number of ether oxygens (including phenoxy) is 1. The second kappa shape index (κ2) is 6.22. The van der Waals surface area contributed by atoms with Crippen LogP contribution in [0.25, 0.3) is 0 Å². The van der Waals surface area contributed by atoms with Crippen molar-refractivity contribution in [2.24, 2.45) is 0 Å². The van der Waals surface area contributed by atoms with Crippen molar-refractivity contribution in [3.05, 3.63) is 41.6 Å². The lowest BCUT2D eigenvalue weighted by Crippen LogP contribution is -2.43. The predicted molar refractivity (Wildman–Crippen MR) is 84.5 cm³/mol. The monoisotopic (exact) mass is 303 g/mol. The summed E-state index contributed by atoms with van der Waals surface area (Å²) in [5.41, 5.74) is 1.58. The summed E-state index contributed by atoms with van der Waals surface area (Å²) < 4.78 is 6.84. The number of benzene rings is 1. The van der Waals surface area contributed by atoms with Gasteiger partial charge in [-0.05, 0) is 12.5 Å². The van der Waals surface area contributed by atoms with E-state index in [9.17, 15) is 4.79 Å². The van der Waals surface area contributed by atoms with E-state index in [0.717, 1.165) is 10.9 Å². The van der Waals surface area contributed by atoms with Crippen molar-refractivity contribution in [1.82, 2.24) is 15.0 Å². The first-order chi connectivity index (χ1) is 9.93. The first kappa shape index (κ1) is 15.4. The molecule has 0 saturated carbocycles. The van der Waals surface area contributed by atoms with Crippen LogP contribution in [0.2, 0.25) is 19.6 Å². The molecule has 0 bridgehead atoms. The molecule has 0 aliphatic heterocycles. The number of aromatic nitrogens is 3. The largest absolute Gasteiger partial charge is 0.461 e. The summed E-state index contributed by atoms with van der Waals surface area (Å²) in [6.07, 6.45) is 0. The van der Waals surface area contributed by atoms with E-state index in [1.165, 1.54) is 0 Å². The van der Waals surface area contributed by atoms with E-state index in [1.807, 2.05) is 30.3 Å². The minimum Gasteiger partial charge on any atom is -0.461 e. The van der Waals surface area contributed by atoms with Gasteiger partial charge in [0, 0.05) is 0 Å². The van der Waals surface area contributed by atoms with E-state index in [1.54, 1.807) is 11.6 Å². The fourth-order valence-electron chi connectivity index (χ4n) is 2.09. The van der Waals surface area contributed by atoms with Crippen molar-refractivity contribution >= 4 is 19.4 Å². The zero-order valence-electron chi connectivity index (χ0n) is 13.0. The molecule has 6 heteroatoms. The molecule has 0 N–H and O–H groups in total. The van der Waals surface area contributed by atoms with E-state index >= 15 is 0 Å². The molecule has 1 aromatic carbocycles. The third-order valence-electron chi connectivity index (χ3n) is 3.09. The highest BCUT2D eigenvalue weighted by Gasteiger charge is 2.31. The van der Waals surface area contributed by atoms with Gasteiger partial charge in [-0.2, -0.15) is 0 Å². The van der Waals surface area contributed by atoms with E-state index in [2.05, 4.69) is 30.0 Å². The Morgan fingerprint density at radius 3 is 2.48 bits per heavy atom. The van der Waals surface area contributed by atoms with Crippen molar-refractivity contribution in [3.63, 3.8) is 0 Å². The molecule has 0 unspecified atom stereocenters. The number of hydrogen-bond donors (Lipinski definition) is 0. The number of rotatable bonds is 5. The number of carbonyl (C=O) groups excluding carboxylic acids is 1. The topological polar surface area (TPSA) is 57.0 Å². The number of carbonyl (C=O) groups is 1. The molecule has 0 aliphatic rings. The first-order valence-corrected chi connectivity index (χ1v) is 10.6. The van der Waals surface area contributed by atoms with Crippen LogP contribution >= 0.6 is 0 Å². The lowest BCUT2D eigenvalue weighted by Gasteiger charge is -2.15. The molecule has 2 aromatic rings. The maximum Gasteiger partial charge on any atom is 0.358 e. The molecule has 2 rings (SSSR count). The summed E-state index contributed by atoms with van der Waals surface area (Å²) in [6, 6.07) is 9.91. The second-order valence-electron chi connectivity index (χ2n) is 5.90. The SMILES string of the molecule is CCOC(=O)c1c([Si](C)(C)C)nnn1Cc1ccccc1. The highest BCUT2D eigenvalue weighted by atomic mass is 28.3. The van der Waals surface area contributed by atoms with Crippen LogP contribution in [0.15, 0.2) is 30.3 Å². The van der Waals surface area contributed by atoms with Gasteiger partial charge >= 0.3 is 5.97 Å². The molecule has 0 amide bonds. The highest BCUT2D eigenvalue weighted by Crippen LogP contribution is 2.09. The third kappa shape index (κ3) is 3.58. The molecule has 112 valence electrons. The van der Waals surface area contributed by atoms with Crippen molar-refractivity contribution in [3.8, 4) is 0 Å². The Labute approximate surface area is 125 Å². The van der Waals surface area contributed by atoms with Crippen LogP contribution < -0.4 is 5.32 Å². The molecular weight excluding hydrogens is 282 g/mol. The maximum atomic E-state index is 12.3.